The highest BCUT2D eigenvalue weighted by Crippen LogP contribution is 2.25. The maximum Gasteiger partial charge on any atom is 0.409 e. The Morgan fingerprint density at radius 3 is 2.42 bits per heavy atom. The number of nitrogens with one attached hydrogen (secondary N) is 1. The summed E-state index contributed by atoms with van der Waals surface area (Å²) in [6.45, 7) is 5.24. The lowest BCUT2D eigenvalue weighted by atomic mass is 10.2. The average Bonchev–Trinajstić information content (AvgIpc) is 2.50. The van der Waals surface area contributed by atoms with Gasteiger partial charge in [-0.25, -0.2) is 9.59 Å². The van der Waals surface area contributed by atoms with Gasteiger partial charge in [-0.3, -0.25) is 4.79 Å². The molecule has 0 bridgehead atoms. The Morgan fingerprint density at radius 1 is 1.21 bits per heavy atom. The molecule has 0 fully saturated rings. The van der Waals surface area contributed by atoms with Crippen molar-refractivity contribution in [3.05, 3.63) is 29.8 Å². The number of nitrogens with zero attached hydrogens (tertiary/aromatic N) is 1. The third kappa shape index (κ3) is 6.49. The average molecular weight is 354 g/mol. The molecule has 0 aromatic heterocycles. The van der Waals surface area contributed by atoms with E-state index in [2.05, 4.69) is 5.32 Å². The van der Waals surface area contributed by atoms with Gasteiger partial charge in [0.05, 0.1) is 19.3 Å². The third-order valence-corrected chi connectivity index (χ3v) is 3.72. The van der Waals surface area contributed by atoms with Crippen LogP contribution in [0.5, 0.6) is 0 Å². The summed E-state index contributed by atoms with van der Waals surface area (Å²) in [4.78, 5) is 37.3. The van der Waals surface area contributed by atoms with Crippen LogP contribution in [-0.4, -0.2) is 48.6 Å². The molecular formula is C16H22N2O5S. The molecule has 0 atom stereocenters. The summed E-state index contributed by atoms with van der Waals surface area (Å²) in [7, 11) is 2.82. The summed E-state index contributed by atoms with van der Waals surface area (Å²) in [5.74, 6) is -0.513. The molecule has 0 saturated heterocycles. The van der Waals surface area contributed by atoms with Crippen LogP contribution in [0.15, 0.2) is 29.2 Å². The minimum atomic E-state index is -0.610. The fourth-order valence-electron chi connectivity index (χ4n) is 1.57. The second-order valence-corrected chi connectivity index (χ2v) is 6.88. The number of rotatable bonds is 4. The number of alkyl carbamates (subject to hydrolysis) is 1. The van der Waals surface area contributed by atoms with Gasteiger partial charge in [-0.05, 0) is 44.7 Å². The van der Waals surface area contributed by atoms with Crippen molar-refractivity contribution in [3.8, 4) is 0 Å². The zero-order chi connectivity index (χ0) is 18.3. The first kappa shape index (κ1) is 19.8. The molecule has 0 saturated carbocycles. The van der Waals surface area contributed by atoms with Crippen LogP contribution in [0, 0.1) is 0 Å². The van der Waals surface area contributed by atoms with Gasteiger partial charge < -0.3 is 19.7 Å². The van der Waals surface area contributed by atoms with Gasteiger partial charge in [-0.2, -0.15) is 0 Å². The number of ether oxygens (including phenoxy) is 2. The number of amides is 2. The number of methoxy groups -OCH3 is 1. The molecule has 7 nitrogen and oxygen atoms in total. The van der Waals surface area contributed by atoms with Crippen LogP contribution in [-0.2, 0) is 9.47 Å². The molecule has 0 unspecified atom stereocenters. The van der Waals surface area contributed by atoms with Crippen molar-refractivity contribution < 1.29 is 23.9 Å². The van der Waals surface area contributed by atoms with Crippen LogP contribution >= 0.6 is 11.8 Å². The van der Waals surface area contributed by atoms with Crippen LogP contribution in [0.25, 0.3) is 0 Å². The fraction of sp³-hybridized carbons (Fsp3) is 0.438. The number of hydrogen-bond acceptors (Lipinski definition) is 6. The van der Waals surface area contributed by atoms with Gasteiger partial charge >= 0.3 is 12.1 Å². The van der Waals surface area contributed by atoms with Crippen molar-refractivity contribution in [2.24, 2.45) is 0 Å². The molecule has 0 aliphatic carbocycles. The van der Waals surface area contributed by atoms with Crippen molar-refractivity contribution >= 4 is 29.1 Å². The lowest BCUT2D eigenvalue weighted by Gasteiger charge is -2.22. The van der Waals surface area contributed by atoms with E-state index in [0.29, 0.717) is 10.5 Å². The molecule has 8 heteroatoms. The SMILES string of the molecule is COC(=O)c1ccccc1SC(=O)N(C)CNC(=O)OC(C)(C)C. The number of hydrogen-bond donors (Lipinski definition) is 1. The minimum Gasteiger partial charge on any atom is -0.465 e. The van der Waals surface area contributed by atoms with E-state index in [0.717, 1.165) is 11.8 Å². The second kappa shape index (κ2) is 8.58. The highest BCUT2D eigenvalue weighted by Gasteiger charge is 2.19. The van der Waals surface area contributed by atoms with E-state index in [1.54, 1.807) is 45.0 Å². The van der Waals surface area contributed by atoms with E-state index < -0.39 is 17.7 Å². The van der Waals surface area contributed by atoms with Gasteiger partial charge in [-0.1, -0.05) is 12.1 Å². The Kier molecular flexibility index (Phi) is 7.09. The Labute approximate surface area is 145 Å². The molecule has 1 aromatic rings. The van der Waals surface area contributed by atoms with E-state index >= 15 is 0 Å². The maximum atomic E-state index is 12.2. The predicted octanol–water partition coefficient (Wildman–Crippen LogP) is 3.10. The Morgan fingerprint density at radius 2 is 1.83 bits per heavy atom. The minimum absolute atomic E-state index is 0.0128. The summed E-state index contributed by atoms with van der Waals surface area (Å²) in [5.41, 5.74) is -0.298. The molecule has 0 aliphatic rings. The van der Waals surface area contributed by atoms with E-state index in [4.69, 9.17) is 9.47 Å². The molecule has 24 heavy (non-hydrogen) atoms. The first-order valence-corrected chi connectivity index (χ1v) is 8.03. The topological polar surface area (TPSA) is 84.9 Å². The van der Waals surface area contributed by atoms with Crippen LogP contribution < -0.4 is 5.32 Å². The van der Waals surface area contributed by atoms with Crippen LogP contribution in [0.1, 0.15) is 31.1 Å². The van der Waals surface area contributed by atoms with Crippen LogP contribution in [0.4, 0.5) is 9.59 Å². The largest absolute Gasteiger partial charge is 0.465 e. The van der Waals surface area contributed by atoms with E-state index in [-0.39, 0.29) is 11.9 Å². The number of benzene rings is 1. The number of carbonyl (C=O) groups excluding carboxylic acids is 3. The number of carbonyl (C=O) groups is 3. The fourth-order valence-corrected chi connectivity index (χ4v) is 2.38. The summed E-state index contributed by atoms with van der Waals surface area (Å²) >= 11 is 0.881. The Hall–Kier alpha value is -2.22. The summed E-state index contributed by atoms with van der Waals surface area (Å²) in [6.07, 6.45) is -0.609. The van der Waals surface area contributed by atoms with Crippen molar-refractivity contribution in [1.29, 1.82) is 0 Å². The van der Waals surface area contributed by atoms with Crippen molar-refractivity contribution in [2.45, 2.75) is 31.3 Å². The normalized spacial score (nSPS) is 10.7. The maximum absolute atomic E-state index is 12.2. The quantitative estimate of drug-likeness (QED) is 0.508. The Balaban J connectivity index is 2.62. The first-order chi connectivity index (χ1) is 11.1. The molecule has 0 spiro atoms. The van der Waals surface area contributed by atoms with Gasteiger partial charge in [-0.15, -0.1) is 0 Å². The monoisotopic (exact) mass is 354 g/mol. The van der Waals surface area contributed by atoms with Gasteiger partial charge in [0.25, 0.3) is 5.24 Å². The Bertz CT molecular complexity index is 613. The molecule has 1 N–H and O–H groups in total. The van der Waals surface area contributed by atoms with Gasteiger partial charge in [0, 0.05) is 11.9 Å². The lowest BCUT2D eigenvalue weighted by Crippen LogP contribution is -2.40. The predicted molar refractivity (Wildman–Crippen MR) is 91.0 cm³/mol. The van der Waals surface area contributed by atoms with Gasteiger partial charge in [0.2, 0.25) is 0 Å². The first-order valence-electron chi connectivity index (χ1n) is 7.21. The molecule has 0 radical (unpaired) electrons. The molecule has 0 heterocycles. The smallest absolute Gasteiger partial charge is 0.409 e. The molecular weight excluding hydrogens is 332 g/mol. The molecule has 1 aromatic carbocycles. The van der Waals surface area contributed by atoms with Crippen LogP contribution in [0.2, 0.25) is 0 Å². The molecule has 2 amide bonds. The third-order valence-electron chi connectivity index (χ3n) is 2.66. The van der Waals surface area contributed by atoms with Gasteiger partial charge in [0.1, 0.15) is 5.60 Å². The standard InChI is InChI=1S/C16H22N2O5S/c1-16(2,3)23-14(20)17-10-18(4)15(21)24-12-9-7-6-8-11(12)13(19)22-5/h6-9H,10H2,1-5H3,(H,17,20). The van der Waals surface area contributed by atoms with E-state index in [1.807, 2.05) is 0 Å². The van der Waals surface area contributed by atoms with Crippen molar-refractivity contribution in [2.75, 3.05) is 20.8 Å². The van der Waals surface area contributed by atoms with Crippen molar-refractivity contribution in [3.63, 3.8) is 0 Å². The highest BCUT2D eigenvalue weighted by molar-refractivity contribution is 8.13. The molecule has 132 valence electrons. The zero-order valence-corrected chi connectivity index (χ0v) is 15.2. The zero-order valence-electron chi connectivity index (χ0n) is 14.4. The second-order valence-electron chi connectivity index (χ2n) is 5.89. The number of thioether (sulfide) groups is 1. The van der Waals surface area contributed by atoms with E-state index in [1.165, 1.54) is 19.1 Å². The summed E-state index contributed by atoms with van der Waals surface area (Å²) in [6, 6.07) is 6.65. The van der Waals surface area contributed by atoms with Gasteiger partial charge in [0.15, 0.2) is 0 Å². The van der Waals surface area contributed by atoms with E-state index in [9.17, 15) is 14.4 Å². The highest BCUT2D eigenvalue weighted by atomic mass is 32.2. The lowest BCUT2D eigenvalue weighted by molar-refractivity contribution is 0.0508. The summed E-state index contributed by atoms with van der Waals surface area (Å²) < 4.78 is 9.79. The number of esters is 1. The summed E-state index contributed by atoms with van der Waals surface area (Å²) in [5, 5.41) is 2.16. The molecule has 1 rings (SSSR count). The van der Waals surface area contributed by atoms with Crippen LogP contribution in [0.3, 0.4) is 0 Å². The van der Waals surface area contributed by atoms with Crippen molar-refractivity contribution in [1.82, 2.24) is 10.2 Å². The molecule has 0 aliphatic heterocycles.